The third-order valence-electron chi connectivity index (χ3n) is 6.38. The van der Waals surface area contributed by atoms with Crippen LogP contribution in [0.15, 0.2) is 30.5 Å². The first kappa shape index (κ1) is 20.1. The number of likely N-dealkylation sites (tertiary alicyclic amines) is 1. The Bertz CT molecular complexity index is 885. The van der Waals surface area contributed by atoms with Crippen LogP contribution in [0, 0.1) is 11.8 Å². The number of carbonyl (C=O) groups excluding carboxylic acids is 1. The maximum Gasteiger partial charge on any atom is 0.317 e. The van der Waals surface area contributed by atoms with Crippen LogP contribution >= 0.6 is 11.6 Å². The first-order chi connectivity index (χ1) is 14.0. The number of nitrogens with zero attached hydrogens (tertiary/aromatic N) is 3. The predicted octanol–water partition coefficient (Wildman–Crippen LogP) is 5.25. The molecule has 1 aliphatic heterocycles. The maximum atomic E-state index is 12.9. The van der Waals surface area contributed by atoms with Crippen LogP contribution in [0.3, 0.4) is 0 Å². The first-order valence-electron chi connectivity index (χ1n) is 10.7. The van der Waals surface area contributed by atoms with Crippen molar-refractivity contribution in [2.75, 3.05) is 13.1 Å². The van der Waals surface area contributed by atoms with Gasteiger partial charge in [-0.1, -0.05) is 32.4 Å². The number of fused-ring (bicyclic) bond motifs is 1. The minimum atomic E-state index is 0.0705. The van der Waals surface area contributed by atoms with Crippen molar-refractivity contribution in [3.8, 4) is 11.3 Å². The Labute approximate surface area is 177 Å². The number of hydrogen-bond acceptors (Lipinski definition) is 3. The van der Waals surface area contributed by atoms with Crippen molar-refractivity contribution in [2.45, 2.75) is 52.0 Å². The van der Waals surface area contributed by atoms with Gasteiger partial charge in [0.15, 0.2) is 0 Å². The minimum absolute atomic E-state index is 0.0705. The number of nitrogens with one attached hydrogen (secondary N) is 1. The quantitative estimate of drug-likeness (QED) is 0.553. The molecule has 4 rings (SSSR count). The molecule has 154 valence electrons. The molecule has 2 aliphatic rings. The smallest absolute Gasteiger partial charge is 0.317 e. The van der Waals surface area contributed by atoms with Crippen LogP contribution in [0.2, 0.25) is 5.28 Å². The van der Waals surface area contributed by atoms with Gasteiger partial charge in [-0.3, -0.25) is 0 Å². The second-order valence-electron chi connectivity index (χ2n) is 8.61. The molecule has 29 heavy (non-hydrogen) atoms. The molecule has 1 fully saturated rings. The normalized spacial score (nSPS) is 21.7. The Hall–Kier alpha value is -2.14. The summed E-state index contributed by atoms with van der Waals surface area (Å²) >= 11 is 5.96. The molecule has 2 heterocycles. The largest absolute Gasteiger partial charge is 0.331 e. The first-order valence-corrected chi connectivity index (χ1v) is 11.1. The molecule has 1 aliphatic carbocycles. The van der Waals surface area contributed by atoms with E-state index in [-0.39, 0.29) is 17.4 Å². The van der Waals surface area contributed by atoms with Gasteiger partial charge in [-0.25, -0.2) is 14.8 Å². The van der Waals surface area contributed by atoms with E-state index in [0.29, 0.717) is 11.8 Å². The molecule has 0 spiro atoms. The molecular formula is C23H29ClN4O. The van der Waals surface area contributed by atoms with Crippen molar-refractivity contribution in [1.29, 1.82) is 0 Å². The van der Waals surface area contributed by atoms with Gasteiger partial charge < -0.3 is 10.2 Å². The molecule has 0 radical (unpaired) electrons. The number of carbonyl (C=O) groups is 1. The number of urea groups is 1. The van der Waals surface area contributed by atoms with Crippen LogP contribution in [0.4, 0.5) is 4.79 Å². The average molecular weight is 413 g/mol. The van der Waals surface area contributed by atoms with Gasteiger partial charge in [0, 0.05) is 24.8 Å². The SMILES string of the molecule is CC(C)C1CCN(C(=O)NC2CCCCc3cc(-c4ccnc(Cl)n4)ccc32)C1. The maximum absolute atomic E-state index is 12.9. The molecule has 2 aromatic rings. The summed E-state index contributed by atoms with van der Waals surface area (Å²) < 4.78 is 0. The minimum Gasteiger partial charge on any atom is -0.331 e. The van der Waals surface area contributed by atoms with E-state index in [4.69, 9.17) is 11.6 Å². The van der Waals surface area contributed by atoms with Crippen molar-refractivity contribution in [2.24, 2.45) is 11.8 Å². The fraction of sp³-hybridized carbons (Fsp3) is 0.522. The summed E-state index contributed by atoms with van der Waals surface area (Å²) in [6.07, 6.45) is 7.04. The Morgan fingerprint density at radius 1 is 1.24 bits per heavy atom. The van der Waals surface area contributed by atoms with Gasteiger partial charge in [0.2, 0.25) is 5.28 Å². The van der Waals surface area contributed by atoms with Crippen molar-refractivity contribution >= 4 is 17.6 Å². The molecule has 1 aromatic carbocycles. The number of hydrogen-bond donors (Lipinski definition) is 1. The average Bonchev–Trinajstić information content (AvgIpc) is 3.13. The lowest BCUT2D eigenvalue weighted by Gasteiger charge is -2.24. The molecule has 2 amide bonds. The third kappa shape index (κ3) is 4.55. The molecule has 1 saturated heterocycles. The lowest BCUT2D eigenvalue weighted by atomic mass is 9.95. The lowest BCUT2D eigenvalue weighted by molar-refractivity contribution is 0.200. The highest BCUT2D eigenvalue weighted by Gasteiger charge is 2.30. The Balaban J connectivity index is 1.52. The van der Waals surface area contributed by atoms with Crippen molar-refractivity contribution in [1.82, 2.24) is 20.2 Å². The molecule has 0 saturated carbocycles. The van der Waals surface area contributed by atoms with Crippen LogP contribution in [0.25, 0.3) is 11.3 Å². The van der Waals surface area contributed by atoms with Crippen LogP contribution in [-0.2, 0) is 6.42 Å². The molecule has 1 aromatic heterocycles. The summed E-state index contributed by atoms with van der Waals surface area (Å²) in [5.74, 6) is 1.24. The van der Waals surface area contributed by atoms with Gasteiger partial charge in [-0.2, -0.15) is 0 Å². The second kappa shape index (κ2) is 8.70. The topological polar surface area (TPSA) is 58.1 Å². The monoisotopic (exact) mass is 412 g/mol. The second-order valence-corrected chi connectivity index (χ2v) is 8.95. The highest BCUT2D eigenvalue weighted by atomic mass is 35.5. The number of benzene rings is 1. The van der Waals surface area contributed by atoms with Gasteiger partial charge in [0.1, 0.15) is 0 Å². The van der Waals surface area contributed by atoms with Crippen LogP contribution < -0.4 is 5.32 Å². The van der Waals surface area contributed by atoms with Gasteiger partial charge in [-0.15, -0.1) is 0 Å². The molecular weight excluding hydrogens is 384 g/mol. The van der Waals surface area contributed by atoms with E-state index >= 15 is 0 Å². The summed E-state index contributed by atoms with van der Waals surface area (Å²) in [5.41, 5.74) is 4.40. The lowest BCUT2D eigenvalue weighted by Crippen LogP contribution is -2.40. The highest BCUT2D eigenvalue weighted by molar-refractivity contribution is 6.28. The molecule has 2 unspecified atom stereocenters. The zero-order valence-electron chi connectivity index (χ0n) is 17.2. The Morgan fingerprint density at radius 2 is 2.10 bits per heavy atom. The number of halogens is 1. The summed E-state index contributed by atoms with van der Waals surface area (Å²) in [5, 5.41) is 3.58. The van der Waals surface area contributed by atoms with E-state index in [9.17, 15) is 4.79 Å². The molecule has 0 bridgehead atoms. The number of aromatic nitrogens is 2. The Kier molecular flexibility index (Phi) is 6.04. The number of amides is 2. The van der Waals surface area contributed by atoms with E-state index in [2.05, 4.69) is 47.3 Å². The highest BCUT2D eigenvalue weighted by Crippen LogP contribution is 2.32. The fourth-order valence-corrected chi connectivity index (χ4v) is 4.69. The molecule has 6 heteroatoms. The van der Waals surface area contributed by atoms with Gasteiger partial charge >= 0.3 is 6.03 Å². The Morgan fingerprint density at radius 3 is 2.86 bits per heavy atom. The standard InChI is InChI=1S/C23H29ClN4O/c1-15(2)18-10-12-28(14-18)23(29)27-21-6-4-3-5-16-13-17(7-8-19(16)21)20-9-11-25-22(24)26-20/h7-9,11,13,15,18,21H,3-6,10,12,14H2,1-2H3,(H,27,29). The van der Waals surface area contributed by atoms with Crippen molar-refractivity contribution in [3.05, 3.63) is 46.9 Å². The molecule has 5 nitrogen and oxygen atoms in total. The summed E-state index contributed by atoms with van der Waals surface area (Å²) in [7, 11) is 0. The van der Waals surface area contributed by atoms with Crippen LogP contribution in [0.5, 0.6) is 0 Å². The van der Waals surface area contributed by atoms with E-state index in [0.717, 1.165) is 56.5 Å². The van der Waals surface area contributed by atoms with Crippen LogP contribution in [-0.4, -0.2) is 34.0 Å². The predicted molar refractivity (Wildman–Crippen MR) is 116 cm³/mol. The zero-order chi connectivity index (χ0) is 20.4. The summed E-state index contributed by atoms with van der Waals surface area (Å²) in [6.45, 7) is 6.23. The molecule has 1 N–H and O–H groups in total. The number of rotatable bonds is 3. The fourth-order valence-electron chi connectivity index (χ4n) is 4.54. The zero-order valence-corrected chi connectivity index (χ0v) is 18.0. The summed E-state index contributed by atoms with van der Waals surface area (Å²) in [4.78, 5) is 23.2. The summed E-state index contributed by atoms with van der Waals surface area (Å²) in [6, 6.07) is 8.45. The van der Waals surface area contributed by atoms with E-state index in [1.165, 1.54) is 11.1 Å². The van der Waals surface area contributed by atoms with Gasteiger partial charge in [0.05, 0.1) is 11.7 Å². The van der Waals surface area contributed by atoms with Crippen LogP contribution in [0.1, 0.15) is 56.7 Å². The van der Waals surface area contributed by atoms with Crippen molar-refractivity contribution in [3.63, 3.8) is 0 Å². The van der Waals surface area contributed by atoms with Gasteiger partial charge in [0.25, 0.3) is 0 Å². The van der Waals surface area contributed by atoms with E-state index in [1.54, 1.807) is 6.20 Å². The van der Waals surface area contributed by atoms with Gasteiger partial charge in [-0.05, 0) is 72.4 Å². The third-order valence-corrected chi connectivity index (χ3v) is 6.56. The number of aryl methyl sites for hydroxylation is 1. The molecule has 2 atom stereocenters. The van der Waals surface area contributed by atoms with E-state index < -0.39 is 0 Å². The van der Waals surface area contributed by atoms with Crippen molar-refractivity contribution < 1.29 is 4.79 Å². The van der Waals surface area contributed by atoms with E-state index in [1.807, 2.05) is 11.0 Å².